The molecule has 2 aliphatic rings. The lowest BCUT2D eigenvalue weighted by atomic mass is 9.96. The number of rotatable bonds is 3. The molecule has 1 saturated heterocycles. The summed E-state index contributed by atoms with van der Waals surface area (Å²) in [4.78, 5) is 8.54. The first-order chi connectivity index (χ1) is 10.3. The highest BCUT2D eigenvalue weighted by Crippen LogP contribution is 2.27. The standard InChI is InChI=1S/C15H19N5O/c1-19(15-16-6-7-21-15)12-9-20(10-12)14-8-11-4-2-3-5-13(11)17-18-14/h6-8,12H,2-5,9-10H2,1H3. The Hall–Kier alpha value is -2.11. The second-order valence-electron chi connectivity index (χ2n) is 5.87. The van der Waals surface area contributed by atoms with Crippen LogP contribution in [0, 0.1) is 0 Å². The molecule has 1 aliphatic carbocycles. The van der Waals surface area contributed by atoms with Crippen LogP contribution in [0.1, 0.15) is 24.1 Å². The topological polar surface area (TPSA) is 58.3 Å². The third-order valence-corrected chi connectivity index (χ3v) is 4.51. The fraction of sp³-hybridized carbons (Fsp3) is 0.533. The van der Waals surface area contributed by atoms with Crippen molar-refractivity contribution in [3.63, 3.8) is 0 Å². The van der Waals surface area contributed by atoms with Gasteiger partial charge in [0.2, 0.25) is 0 Å². The van der Waals surface area contributed by atoms with E-state index in [9.17, 15) is 0 Å². The monoisotopic (exact) mass is 285 g/mol. The fourth-order valence-electron chi connectivity index (χ4n) is 3.07. The van der Waals surface area contributed by atoms with Crippen molar-refractivity contribution < 1.29 is 4.42 Å². The van der Waals surface area contributed by atoms with Crippen LogP contribution in [0.25, 0.3) is 0 Å². The van der Waals surface area contributed by atoms with Crippen LogP contribution < -0.4 is 9.80 Å². The van der Waals surface area contributed by atoms with E-state index in [2.05, 4.69) is 31.0 Å². The Morgan fingerprint density at radius 3 is 2.90 bits per heavy atom. The van der Waals surface area contributed by atoms with Gasteiger partial charge in [0.15, 0.2) is 5.82 Å². The van der Waals surface area contributed by atoms with Gasteiger partial charge >= 0.3 is 0 Å². The van der Waals surface area contributed by atoms with Gasteiger partial charge in [-0.05, 0) is 37.3 Å². The molecule has 0 N–H and O–H groups in total. The molecule has 4 rings (SSSR count). The van der Waals surface area contributed by atoms with E-state index in [1.54, 1.807) is 12.5 Å². The lowest BCUT2D eigenvalue weighted by Crippen LogP contribution is -2.59. The number of likely N-dealkylation sites (N-methyl/N-ethyl adjacent to an activating group) is 1. The van der Waals surface area contributed by atoms with Crippen molar-refractivity contribution in [1.29, 1.82) is 0 Å². The third kappa shape index (κ3) is 2.24. The summed E-state index contributed by atoms with van der Waals surface area (Å²) in [5, 5.41) is 8.79. The molecule has 0 radical (unpaired) electrons. The van der Waals surface area contributed by atoms with Crippen LogP contribution in [0.15, 0.2) is 22.9 Å². The Morgan fingerprint density at radius 1 is 1.24 bits per heavy atom. The summed E-state index contributed by atoms with van der Waals surface area (Å²) >= 11 is 0. The van der Waals surface area contributed by atoms with Crippen molar-refractivity contribution in [2.24, 2.45) is 0 Å². The molecule has 21 heavy (non-hydrogen) atoms. The molecule has 0 atom stereocenters. The zero-order chi connectivity index (χ0) is 14.2. The lowest BCUT2D eigenvalue weighted by Gasteiger charge is -2.44. The van der Waals surface area contributed by atoms with Crippen LogP contribution in [-0.4, -0.2) is 41.4 Å². The molecule has 0 spiro atoms. The minimum Gasteiger partial charge on any atom is -0.432 e. The Balaban J connectivity index is 1.43. The van der Waals surface area contributed by atoms with Gasteiger partial charge in [-0.25, -0.2) is 4.98 Å². The highest BCUT2D eigenvalue weighted by molar-refractivity contribution is 5.47. The van der Waals surface area contributed by atoms with Crippen LogP contribution in [0.2, 0.25) is 0 Å². The van der Waals surface area contributed by atoms with Crippen LogP contribution in [0.3, 0.4) is 0 Å². The molecule has 6 nitrogen and oxygen atoms in total. The first kappa shape index (κ1) is 12.6. The summed E-state index contributed by atoms with van der Waals surface area (Å²) in [6.07, 6.45) is 8.03. The zero-order valence-corrected chi connectivity index (χ0v) is 12.2. The minimum absolute atomic E-state index is 0.418. The second-order valence-corrected chi connectivity index (χ2v) is 5.87. The molecule has 0 aromatic carbocycles. The highest BCUT2D eigenvalue weighted by Gasteiger charge is 2.33. The molecule has 1 fully saturated rings. The van der Waals surface area contributed by atoms with Crippen molar-refractivity contribution in [1.82, 2.24) is 15.2 Å². The van der Waals surface area contributed by atoms with E-state index in [0.717, 1.165) is 31.7 Å². The number of fused-ring (bicyclic) bond motifs is 1. The maximum atomic E-state index is 5.34. The lowest BCUT2D eigenvalue weighted by molar-refractivity contribution is 0.447. The number of nitrogens with zero attached hydrogens (tertiary/aromatic N) is 5. The van der Waals surface area contributed by atoms with E-state index >= 15 is 0 Å². The Kier molecular flexibility index (Phi) is 3.02. The van der Waals surface area contributed by atoms with E-state index < -0.39 is 0 Å². The summed E-state index contributed by atoms with van der Waals surface area (Å²) < 4.78 is 5.34. The molecule has 0 unspecified atom stereocenters. The van der Waals surface area contributed by atoms with E-state index in [0.29, 0.717) is 12.1 Å². The number of aryl methyl sites for hydroxylation is 2. The Bertz CT molecular complexity index is 621. The average Bonchev–Trinajstić information content (AvgIpc) is 2.99. The summed E-state index contributed by atoms with van der Waals surface area (Å²) in [7, 11) is 2.02. The first-order valence-electron chi connectivity index (χ1n) is 7.54. The predicted octanol–water partition coefficient (Wildman–Crippen LogP) is 1.67. The van der Waals surface area contributed by atoms with Crippen molar-refractivity contribution in [3.05, 3.63) is 29.8 Å². The molecule has 6 heteroatoms. The maximum Gasteiger partial charge on any atom is 0.297 e. The quantitative estimate of drug-likeness (QED) is 0.855. The fourth-order valence-corrected chi connectivity index (χ4v) is 3.07. The number of hydrogen-bond acceptors (Lipinski definition) is 6. The van der Waals surface area contributed by atoms with Gasteiger partial charge < -0.3 is 14.2 Å². The van der Waals surface area contributed by atoms with Crippen molar-refractivity contribution in [2.45, 2.75) is 31.7 Å². The van der Waals surface area contributed by atoms with Gasteiger partial charge in [-0.1, -0.05) is 0 Å². The third-order valence-electron chi connectivity index (χ3n) is 4.51. The number of aromatic nitrogens is 3. The molecule has 2 aromatic rings. The van der Waals surface area contributed by atoms with Crippen molar-refractivity contribution in [2.75, 3.05) is 29.9 Å². The van der Waals surface area contributed by atoms with Gasteiger partial charge in [0.05, 0.1) is 17.9 Å². The molecule has 0 saturated carbocycles. The molecular formula is C15H19N5O. The van der Waals surface area contributed by atoms with E-state index in [1.807, 2.05) is 7.05 Å². The predicted molar refractivity (Wildman–Crippen MR) is 79.6 cm³/mol. The number of hydrogen-bond donors (Lipinski definition) is 0. The van der Waals surface area contributed by atoms with E-state index in [-0.39, 0.29) is 0 Å². The molecule has 2 aromatic heterocycles. The van der Waals surface area contributed by atoms with Crippen LogP contribution in [-0.2, 0) is 12.8 Å². The summed E-state index contributed by atoms with van der Waals surface area (Å²) in [5.41, 5.74) is 2.58. The maximum absolute atomic E-state index is 5.34. The molecule has 110 valence electrons. The minimum atomic E-state index is 0.418. The van der Waals surface area contributed by atoms with Gasteiger partial charge in [-0.2, -0.15) is 5.10 Å². The Labute approximate surface area is 123 Å². The smallest absolute Gasteiger partial charge is 0.297 e. The van der Waals surface area contributed by atoms with Crippen LogP contribution in [0.5, 0.6) is 0 Å². The largest absolute Gasteiger partial charge is 0.432 e. The van der Waals surface area contributed by atoms with Gasteiger partial charge in [-0.15, -0.1) is 5.10 Å². The summed E-state index contributed by atoms with van der Waals surface area (Å²) in [5.74, 6) is 1.01. The molecule has 0 bridgehead atoms. The normalized spacial score (nSPS) is 18.2. The zero-order valence-electron chi connectivity index (χ0n) is 12.2. The van der Waals surface area contributed by atoms with Crippen LogP contribution in [0.4, 0.5) is 11.8 Å². The summed E-state index contributed by atoms with van der Waals surface area (Å²) in [6, 6.07) is 3.32. The van der Waals surface area contributed by atoms with Crippen LogP contribution >= 0.6 is 0 Å². The second kappa shape index (κ2) is 5.02. The van der Waals surface area contributed by atoms with Gasteiger partial charge in [0.1, 0.15) is 6.26 Å². The first-order valence-corrected chi connectivity index (χ1v) is 7.54. The van der Waals surface area contributed by atoms with Gasteiger partial charge in [0.25, 0.3) is 6.01 Å². The summed E-state index contributed by atoms with van der Waals surface area (Å²) in [6.45, 7) is 1.87. The average molecular weight is 285 g/mol. The Morgan fingerprint density at radius 2 is 2.10 bits per heavy atom. The van der Waals surface area contributed by atoms with E-state index in [1.165, 1.54) is 24.1 Å². The molecular weight excluding hydrogens is 266 g/mol. The number of anilines is 2. The molecule has 3 heterocycles. The van der Waals surface area contributed by atoms with Crippen molar-refractivity contribution >= 4 is 11.8 Å². The van der Waals surface area contributed by atoms with Gasteiger partial charge in [0, 0.05) is 20.1 Å². The van der Waals surface area contributed by atoms with E-state index in [4.69, 9.17) is 4.42 Å². The van der Waals surface area contributed by atoms with Crippen molar-refractivity contribution in [3.8, 4) is 0 Å². The van der Waals surface area contributed by atoms with Gasteiger partial charge in [-0.3, -0.25) is 0 Å². The molecule has 0 amide bonds. The SMILES string of the molecule is CN(c1ncco1)C1CN(c2cc3c(nn2)CCCC3)C1. The number of oxazole rings is 1. The highest BCUT2D eigenvalue weighted by atomic mass is 16.4. The molecule has 1 aliphatic heterocycles.